The number of piperazine rings is 1. The second-order valence-electron chi connectivity index (χ2n) is 7.62. The monoisotopic (exact) mass is 371 g/mol. The van der Waals surface area contributed by atoms with Crippen LogP contribution in [0.1, 0.15) is 55.8 Å². The lowest BCUT2D eigenvalue weighted by molar-refractivity contribution is -0.133. The third kappa shape index (κ3) is 5.31. The van der Waals surface area contributed by atoms with Gasteiger partial charge in [0.1, 0.15) is 0 Å². The molecule has 1 heterocycles. The number of nitrogens with one attached hydrogen (secondary N) is 1. The molecule has 2 fully saturated rings. The molecule has 1 saturated carbocycles. The van der Waals surface area contributed by atoms with Gasteiger partial charge in [-0.05, 0) is 36.6 Å². The van der Waals surface area contributed by atoms with Crippen LogP contribution in [-0.2, 0) is 9.59 Å². The van der Waals surface area contributed by atoms with Crippen molar-refractivity contribution < 1.29 is 14.4 Å². The lowest BCUT2D eigenvalue weighted by Gasteiger charge is -2.35. The Balaban J connectivity index is 1.45. The number of anilines is 1. The normalized spacial score (nSPS) is 17.8. The van der Waals surface area contributed by atoms with E-state index in [1.165, 1.54) is 32.6 Å². The molecule has 1 aliphatic heterocycles. The van der Waals surface area contributed by atoms with Gasteiger partial charge < -0.3 is 15.1 Å². The van der Waals surface area contributed by atoms with E-state index in [4.69, 9.17) is 0 Å². The second kappa shape index (κ2) is 9.02. The molecule has 0 bridgehead atoms. The van der Waals surface area contributed by atoms with Gasteiger partial charge in [-0.15, -0.1) is 0 Å². The third-order valence-corrected chi connectivity index (χ3v) is 5.61. The summed E-state index contributed by atoms with van der Waals surface area (Å²) in [5.74, 6) is 0.802. The second-order valence-corrected chi connectivity index (χ2v) is 7.62. The number of benzene rings is 1. The predicted octanol–water partition coefficient (Wildman–Crippen LogP) is 2.90. The molecule has 2 aliphatic rings. The fourth-order valence-corrected chi connectivity index (χ4v) is 4.03. The highest BCUT2D eigenvalue weighted by atomic mass is 16.2. The minimum absolute atomic E-state index is 0.0255. The number of nitrogens with zero attached hydrogens (tertiary/aromatic N) is 2. The number of hydrogen-bond acceptors (Lipinski definition) is 3. The zero-order chi connectivity index (χ0) is 19.2. The first-order chi connectivity index (χ1) is 13.0. The SMILES string of the molecule is CC(=O)Nc1ccc(C(=O)N2CCN(C(=O)CCC3CCCC3)CC2)cc1. The van der Waals surface area contributed by atoms with Crippen molar-refractivity contribution in [3.05, 3.63) is 29.8 Å². The zero-order valence-corrected chi connectivity index (χ0v) is 16.1. The van der Waals surface area contributed by atoms with Crippen LogP contribution in [0.2, 0.25) is 0 Å². The van der Waals surface area contributed by atoms with Gasteiger partial charge in [-0.3, -0.25) is 14.4 Å². The predicted molar refractivity (Wildman–Crippen MR) is 104 cm³/mol. The van der Waals surface area contributed by atoms with E-state index in [-0.39, 0.29) is 17.7 Å². The van der Waals surface area contributed by atoms with Crippen LogP contribution >= 0.6 is 0 Å². The Labute approximate surface area is 160 Å². The molecule has 0 spiro atoms. The number of carbonyl (C=O) groups is 3. The van der Waals surface area contributed by atoms with E-state index in [1.54, 1.807) is 29.2 Å². The summed E-state index contributed by atoms with van der Waals surface area (Å²) in [7, 11) is 0. The summed E-state index contributed by atoms with van der Waals surface area (Å²) in [6.45, 7) is 3.81. The Hall–Kier alpha value is -2.37. The summed E-state index contributed by atoms with van der Waals surface area (Å²) in [4.78, 5) is 39.8. The average Bonchev–Trinajstić information content (AvgIpc) is 3.19. The summed E-state index contributed by atoms with van der Waals surface area (Å²) in [6, 6.07) is 6.92. The molecular weight excluding hydrogens is 342 g/mol. The maximum atomic E-state index is 12.6. The quantitative estimate of drug-likeness (QED) is 0.865. The highest BCUT2D eigenvalue weighted by Gasteiger charge is 2.25. The maximum Gasteiger partial charge on any atom is 0.253 e. The number of rotatable bonds is 5. The molecule has 3 amide bonds. The molecule has 6 heteroatoms. The first-order valence-corrected chi connectivity index (χ1v) is 9.97. The van der Waals surface area contributed by atoms with Crippen molar-refractivity contribution in [3.8, 4) is 0 Å². The van der Waals surface area contributed by atoms with Crippen molar-refractivity contribution in [1.82, 2.24) is 9.80 Å². The van der Waals surface area contributed by atoms with E-state index < -0.39 is 0 Å². The summed E-state index contributed by atoms with van der Waals surface area (Å²) in [6.07, 6.45) is 6.82. The number of hydrogen-bond donors (Lipinski definition) is 1. The van der Waals surface area contributed by atoms with Crippen molar-refractivity contribution in [2.45, 2.75) is 45.4 Å². The van der Waals surface area contributed by atoms with Crippen LogP contribution in [0.5, 0.6) is 0 Å². The van der Waals surface area contributed by atoms with Crippen LogP contribution in [0.25, 0.3) is 0 Å². The van der Waals surface area contributed by atoms with Crippen molar-refractivity contribution in [2.24, 2.45) is 5.92 Å². The van der Waals surface area contributed by atoms with Gasteiger partial charge in [0.05, 0.1) is 0 Å². The summed E-state index contributed by atoms with van der Waals surface area (Å²) in [5.41, 5.74) is 1.28. The lowest BCUT2D eigenvalue weighted by Crippen LogP contribution is -2.50. The Bertz CT molecular complexity index is 672. The molecule has 3 rings (SSSR count). The molecule has 1 aromatic carbocycles. The Morgan fingerprint density at radius 3 is 2.15 bits per heavy atom. The van der Waals surface area contributed by atoms with Crippen molar-refractivity contribution in [2.75, 3.05) is 31.5 Å². The first-order valence-electron chi connectivity index (χ1n) is 9.97. The molecule has 27 heavy (non-hydrogen) atoms. The molecule has 1 aliphatic carbocycles. The summed E-state index contributed by atoms with van der Waals surface area (Å²) >= 11 is 0. The number of carbonyl (C=O) groups excluding carboxylic acids is 3. The van der Waals surface area contributed by atoms with E-state index >= 15 is 0 Å². The average molecular weight is 371 g/mol. The first kappa shape index (κ1) is 19.4. The van der Waals surface area contributed by atoms with Crippen LogP contribution in [0.15, 0.2) is 24.3 Å². The van der Waals surface area contributed by atoms with E-state index in [0.717, 1.165) is 12.3 Å². The van der Waals surface area contributed by atoms with Crippen LogP contribution in [0.3, 0.4) is 0 Å². The van der Waals surface area contributed by atoms with Crippen molar-refractivity contribution in [1.29, 1.82) is 0 Å². The molecular formula is C21H29N3O3. The van der Waals surface area contributed by atoms with Crippen molar-refractivity contribution in [3.63, 3.8) is 0 Å². The van der Waals surface area contributed by atoms with Gasteiger partial charge in [0.25, 0.3) is 5.91 Å². The Morgan fingerprint density at radius 1 is 0.963 bits per heavy atom. The van der Waals surface area contributed by atoms with Gasteiger partial charge in [-0.1, -0.05) is 25.7 Å². The molecule has 1 aromatic rings. The van der Waals surface area contributed by atoms with E-state index in [9.17, 15) is 14.4 Å². The molecule has 1 saturated heterocycles. The van der Waals surface area contributed by atoms with Crippen LogP contribution in [-0.4, -0.2) is 53.7 Å². The minimum atomic E-state index is -0.136. The Kier molecular flexibility index (Phi) is 6.48. The molecule has 0 atom stereocenters. The molecule has 0 aromatic heterocycles. The zero-order valence-electron chi connectivity index (χ0n) is 16.1. The fourth-order valence-electron chi connectivity index (χ4n) is 4.03. The fraction of sp³-hybridized carbons (Fsp3) is 0.571. The van der Waals surface area contributed by atoms with Crippen molar-refractivity contribution >= 4 is 23.4 Å². The molecule has 0 radical (unpaired) electrons. The van der Waals surface area contributed by atoms with Crippen LogP contribution < -0.4 is 5.32 Å². The maximum absolute atomic E-state index is 12.6. The third-order valence-electron chi connectivity index (χ3n) is 5.61. The lowest BCUT2D eigenvalue weighted by atomic mass is 10.0. The highest BCUT2D eigenvalue weighted by molar-refractivity contribution is 5.95. The van der Waals surface area contributed by atoms with Gasteiger partial charge in [0.15, 0.2) is 0 Å². The largest absolute Gasteiger partial charge is 0.339 e. The summed E-state index contributed by atoms with van der Waals surface area (Å²) in [5, 5.41) is 2.69. The molecule has 1 N–H and O–H groups in total. The van der Waals surface area contributed by atoms with Gasteiger partial charge in [-0.2, -0.15) is 0 Å². The van der Waals surface area contributed by atoms with Gasteiger partial charge >= 0.3 is 0 Å². The number of amides is 3. The van der Waals surface area contributed by atoms with Gasteiger partial charge in [-0.25, -0.2) is 0 Å². The van der Waals surface area contributed by atoms with E-state index in [2.05, 4.69) is 5.32 Å². The molecule has 6 nitrogen and oxygen atoms in total. The van der Waals surface area contributed by atoms with Crippen LogP contribution in [0.4, 0.5) is 5.69 Å². The standard InChI is InChI=1S/C21H29N3O3/c1-16(25)22-19-9-7-18(8-10-19)21(27)24-14-12-23(13-15-24)20(26)11-6-17-4-2-3-5-17/h7-10,17H,2-6,11-15H2,1H3,(H,22,25). The summed E-state index contributed by atoms with van der Waals surface area (Å²) < 4.78 is 0. The highest BCUT2D eigenvalue weighted by Crippen LogP contribution is 2.28. The Morgan fingerprint density at radius 2 is 1.56 bits per heavy atom. The minimum Gasteiger partial charge on any atom is -0.339 e. The topological polar surface area (TPSA) is 69.7 Å². The van der Waals surface area contributed by atoms with E-state index in [1.807, 2.05) is 4.90 Å². The van der Waals surface area contributed by atoms with E-state index in [0.29, 0.717) is 43.9 Å². The van der Waals surface area contributed by atoms with Gasteiger partial charge in [0, 0.05) is 50.8 Å². The molecule has 0 unspecified atom stereocenters. The van der Waals surface area contributed by atoms with Gasteiger partial charge in [0.2, 0.25) is 11.8 Å². The smallest absolute Gasteiger partial charge is 0.253 e. The van der Waals surface area contributed by atoms with Crippen LogP contribution in [0, 0.1) is 5.92 Å². The molecule has 146 valence electrons.